The molecule has 6 nitrogen and oxygen atoms in total. The number of aryl methyl sites for hydroxylation is 2. The summed E-state index contributed by atoms with van der Waals surface area (Å²) in [5.41, 5.74) is 3.15. The summed E-state index contributed by atoms with van der Waals surface area (Å²) in [4.78, 5) is 18.1. The minimum Gasteiger partial charge on any atom is -0.497 e. The summed E-state index contributed by atoms with van der Waals surface area (Å²) in [6.45, 7) is 4.36. The summed E-state index contributed by atoms with van der Waals surface area (Å²) in [5, 5.41) is 0. The smallest absolute Gasteiger partial charge is 0.354 e. The maximum Gasteiger partial charge on any atom is 0.354 e. The summed E-state index contributed by atoms with van der Waals surface area (Å²) in [6, 6.07) is 11.5. The van der Waals surface area contributed by atoms with Crippen LogP contribution in [0.25, 0.3) is 21.7 Å². The minimum atomic E-state index is -0.363. The fraction of sp³-hybridized carbons (Fsp3) is 0.238. The first-order valence-corrected chi connectivity index (χ1v) is 9.60. The molecule has 0 fully saturated rings. The zero-order valence-corrected chi connectivity index (χ0v) is 16.9. The van der Waals surface area contributed by atoms with E-state index in [0.717, 1.165) is 33.0 Å². The molecule has 0 aliphatic carbocycles. The molecule has 1 aromatic carbocycles. The van der Waals surface area contributed by atoms with Crippen molar-refractivity contribution >= 4 is 27.5 Å². The van der Waals surface area contributed by atoms with E-state index in [0.29, 0.717) is 18.1 Å². The fourth-order valence-electron chi connectivity index (χ4n) is 3.19. The third-order valence-electron chi connectivity index (χ3n) is 4.64. The lowest BCUT2D eigenvalue weighted by Crippen LogP contribution is -2.12. The maximum absolute atomic E-state index is 12.3. The van der Waals surface area contributed by atoms with Crippen LogP contribution < -0.4 is 4.74 Å². The number of nitrogens with zero attached hydrogens (tertiary/aromatic N) is 2. The number of carbonyl (C=O) groups excluding carboxylic acids is 1. The number of thiophene rings is 1. The van der Waals surface area contributed by atoms with Gasteiger partial charge in [0.15, 0.2) is 0 Å². The molecule has 0 aliphatic rings. The number of ether oxygens (including phenoxy) is 2. The highest BCUT2D eigenvalue weighted by Gasteiger charge is 2.20. The predicted octanol–water partition coefficient (Wildman–Crippen LogP) is 4.82. The minimum absolute atomic E-state index is 0.363. The van der Waals surface area contributed by atoms with E-state index in [1.807, 2.05) is 41.8 Å². The van der Waals surface area contributed by atoms with Gasteiger partial charge in [0, 0.05) is 10.4 Å². The Bertz CT molecular complexity index is 1150. The average Bonchev–Trinajstić information content (AvgIpc) is 3.35. The molecule has 0 amide bonds. The van der Waals surface area contributed by atoms with Crippen molar-refractivity contribution in [3.8, 4) is 17.2 Å². The second-order valence-electron chi connectivity index (χ2n) is 6.46. The van der Waals surface area contributed by atoms with E-state index >= 15 is 0 Å². The molecule has 0 aliphatic heterocycles. The normalized spacial score (nSPS) is 11.1. The number of esters is 1. The van der Waals surface area contributed by atoms with Crippen LogP contribution in [0.4, 0.5) is 0 Å². The molecule has 0 N–H and O–H groups in total. The van der Waals surface area contributed by atoms with Gasteiger partial charge >= 0.3 is 5.97 Å². The number of fused-ring (bicyclic) bond motifs is 1. The lowest BCUT2D eigenvalue weighted by atomic mass is 10.2. The first-order valence-electron chi connectivity index (χ1n) is 8.79. The topological polar surface area (TPSA) is 66.5 Å². The number of rotatable bonds is 5. The van der Waals surface area contributed by atoms with Gasteiger partial charge in [0.25, 0.3) is 0 Å². The van der Waals surface area contributed by atoms with Gasteiger partial charge in [0.2, 0.25) is 5.89 Å². The van der Waals surface area contributed by atoms with Crippen LogP contribution in [0, 0.1) is 13.8 Å². The Hall–Kier alpha value is -3.06. The van der Waals surface area contributed by atoms with Gasteiger partial charge in [0.05, 0.1) is 31.0 Å². The Kier molecular flexibility index (Phi) is 4.68. The summed E-state index contributed by atoms with van der Waals surface area (Å²) < 4.78 is 19.0. The lowest BCUT2D eigenvalue weighted by molar-refractivity contribution is 0.0589. The van der Waals surface area contributed by atoms with Crippen molar-refractivity contribution in [1.29, 1.82) is 0 Å². The van der Waals surface area contributed by atoms with Gasteiger partial charge in [0.1, 0.15) is 22.9 Å². The molecule has 3 aromatic heterocycles. The molecule has 144 valence electrons. The molecule has 0 bridgehead atoms. The highest BCUT2D eigenvalue weighted by Crippen LogP contribution is 2.31. The third kappa shape index (κ3) is 3.18. The van der Waals surface area contributed by atoms with Crippen molar-refractivity contribution in [3.05, 3.63) is 58.4 Å². The Labute approximate surface area is 166 Å². The van der Waals surface area contributed by atoms with Crippen molar-refractivity contribution in [1.82, 2.24) is 9.55 Å². The Balaban J connectivity index is 1.73. The molecular weight excluding hydrogens is 376 g/mol. The summed E-state index contributed by atoms with van der Waals surface area (Å²) in [5.74, 6) is 1.67. The zero-order valence-electron chi connectivity index (χ0n) is 16.1. The van der Waals surface area contributed by atoms with Gasteiger partial charge in [-0.15, -0.1) is 11.3 Å². The molecule has 7 heteroatoms. The molecule has 0 radical (unpaired) electrons. The van der Waals surface area contributed by atoms with Crippen LogP contribution in [-0.4, -0.2) is 29.7 Å². The highest BCUT2D eigenvalue weighted by atomic mass is 32.1. The number of oxazole rings is 1. The van der Waals surface area contributed by atoms with Gasteiger partial charge < -0.3 is 18.5 Å². The second-order valence-corrected chi connectivity index (χ2v) is 7.75. The molecule has 0 atom stereocenters. The van der Waals surface area contributed by atoms with Crippen molar-refractivity contribution in [2.75, 3.05) is 14.2 Å². The van der Waals surface area contributed by atoms with Crippen molar-refractivity contribution in [2.45, 2.75) is 20.4 Å². The highest BCUT2D eigenvalue weighted by molar-refractivity contribution is 7.19. The molecule has 28 heavy (non-hydrogen) atoms. The van der Waals surface area contributed by atoms with Crippen LogP contribution in [0.2, 0.25) is 0 Å². The van der Waals surface area contributed by atoms with Gasteiger partial charge in [-0.1, -0.05) is 0 Å². The monoisotopic (exact) mass is 396 g/mol. The van der Waals surface area contributed by atoms with Crippen molar-refractivity contribution in [3.63, 3.8) is 0 Å². The summed E-state index contributed by atoms with van der Waals surface area (Å²) in [7, 11) is 3.02. The predicted molar refractivity (Wildman–Crippen MR) is 108 cm³/mol. The molecule has 3 heterocycles. The number of aromatic nitrogens is 2. The standard InChI is InChI=1S/C21H20N2O4S/c1-12-9-17-19(28-12)10-18(21(24)26-4)23(17)11-16-13(2)27-20(22-16)14-5-7-15(25-3)8-6-14/h5-10H,11H2,1-4H3. The van der Waals surface area contributed by atoms with E-state index < -0.39 is 0 Å². The molecule has 0 saturated carbocycles. The number of benzene rings is 1. The van der Waals surface area contributed by atoms with Gasteiger partial charge in [-0.25, -0.2) is 9.78 Å². The zero-order chi connectivity index (χ0) is 19.8. The van der Waals surface area contributed by atoms with E-state index in [4.69, 9.17) is 13.9 Å². The molecule has 0 spiro atoms. The average molecular weight is 396 g/mol. The van der Waals surface area contributed by atoms with Crippen LogP contribution in [0.3, 0.4) is 0 Å². The van der Waals surface area contributed by atoms with E-state index in [1.165, 1.54) is 12.0 Å². The first-order chi connectivity index (χ1) is 13.5. The van der Waals surface area contributed by atoms with Crippen LogP contribution in [0.5, 0.6) is 5.75 Å². The summed E-state index contributed by atoms with van der Waals surface area (Å²) >= 11 is 1.65. The molecule has 0 saturated heterocycles. The lowest BCUT2D eigenvalue weighted by Gasteiger charge is -2.07. The number of methoxy groups -OCH3 is 2. The Morgan fingerprint density at radius 3 is 2.61 bits per heavy atom. The Morgan fingerprint density at radius 2 is 1.93 bits per heavy atom. The van der Waals surface area contributed by atoms with Crippen LogP contribution in [0.1, 0.15) is 26.8 Å². The van der Waals surface area contributed by atoms with Crippen LogP contribution in [-0.2, 0) is 11.3 Å². The van der Waals surface area contributed by atoms with E-state index in [2.05, 4.69) is 18.0 Å². The molecule has 4 rings (SSSR count). The quantitative estimate of drug-likeness (QED) is 0.453. The van der Waals surface area contributed by atoms with Crippen LogP contribution >= 0.6 is 11.3 Å². The molecular formula is C21H20N2O4S. The van der Waals surface area contributed by atoms with E-state index in [1.54, 1.807) is 18.4 Å². The fourth-order valence-corrected chi connectivity index (χ4v) is 4.15. The van der Waals surface area contributed by atoms with Crippen molar-refractivity contribution in [2.24, 2.45) is 0 Å². The van der Waals surface area contributed by atoms with E-state index in [-0.39, 0.29) is 5.97 Å². The van der Waals surface area contributed by atoms with Gasteiger partial charge in [-0.2, -0.15) is 0 Å². The number of hydrogen-bond donors (Lipinski definition) is 0. The first kappa shape index (κ1) is 18.3. The van der Waals surface area contributed by atoms with Crippen molar-refractivity contribution < 1.29 is 18.7 Å². The van der Waals surface area contributed by atoms with E-state index in [9.17, 15) is 4.79 Å². The van der Waals surface area contributed by atoms with Gasteiger partial charge in [-0.3, -0.25) is 0 Å². The molecule has 4 aromatic rings. The number of hydrogen-bond acceptors (Lipinski definition) is 6. The maximum atomic E-state index is 12.3. The SMILES string of the molecule is COC(=O)c1cc2sc(C)cc2n1Cc1nc(-c2ccc(OC)cc2)oc1C. The molecule has 0 unspecified atom stereocenters. The number of carbonyl (C=O) groups is 1. The Morgan fingerprint density at radius 1 is 1.18 bits per heavy atom. The third-order valence-corrected chi connectivity index (χ3v) is 5.63. The summed E-state index contributed by atoms with van der Waals surface area (Å²) in [6.07, 6.45) is 0. The second kappa shape index (κ2) is 7.16. The largest absolute Gasteiger partial charge is 0.497 e. The van der Waals surface area contributed by atoms with Gasteiger partial charge in [-0.05, 0) is 50.2 Å². The van der Waals surface area contributed by atoms with Crippen LogP contribution in [0.15, 0.2) is 40.8 Å².